The largest absolute Gasteiger partial charge is 0.495 e. The van der Waals surface area contributed by atoms with Crippen molar-refractivity contribution in [1.82, 2.24) is 0 Å². The van der Waals surface area contributed by atoms with Gasteiger partial charge in [0.05, 0.1) is 11.9 Å². The highest BCUT2D eigenvalue weighted by atomic mass is 16.5. The molecule has 68 valence electrons. The van der Waals surface area contributed by atoms with Gasteiger partial charge in [0.25, 0.3) is 0 Å². The molecule has 0 aromatic carbocycles. The predicted molar refractivity (Wildman–Crippen MR) is 53.9 cm³/mol. The van der Waals surface area contributed by atoms with Gasteiger partial charge in [0.15, 0.2) is 0 Å². The van der Waals surface area contributed by atoms with Crippen molar-refractivity contribution in [2.75, 3.05) is 0 Å². The van der Waals surface area contributed by atoms with E-state index in [1.807, 2.05) is 25.2 Å². The first-order valence-electron chi connectivity index (χ1n) is 4.33. The summed E-state index contributed by atoms with van der Waals surface area (Å²) in [7, 11) is 0. The molecule has 1 heteroatoms. The Morgan fingerprint density at radius 1 is 1.50 bits per heavy atom. The average molecular weight is 166 g/mol. The van der Waals surface area contributed by atoms with E-state index in [4.69, 9.17) is 4.74 Å². The van der Waals surface area contributed by atoms with E-state index in [-0.39, 0.29) is 0 Å². The summed E-state index contributed by atoms with van der Waals surface area (Å²) in [6.07, 6.45) is 8.82. The van der Waals surface area contributed by atoms with Crippen LogP contribution in [0.15, 0.2) is 36.6 Å². The molecule has 0 aromatic heterocycles. The molecule has 0 N–H and O–H groups in total. The summed E-state index contributed by atoms with van der Waals surface area (Å²) in [6, 6.07) is 0. The van der Waals surface area contributed by atoms with Gasteiger partial charge >= 0.3 is 0 Å². The average Bonchev–Trinajstić information content (AvgIpc) is 2.05. The third-order valence-corrected chi connectivity index (χ3v) is 1.54. The van der Waals surface area contributed by atoms with E-state index < -0.39 is 0 Å². The topological polar surface area (TPSA) is 9.23 Å². The third kappa shape index (κ3) is 5.78. The molecule has 1 atom stereocenters. The lowest BCUT2D eigenvalue weighted by Crippen LogP contribution is -2.03. The van der Waals surface area contributed by atoms with Gasteiger partial charge in [-0.25, -0.2) is 0 Å². The van der Waals surface area contributed by atoms with Gasteiger partial charge in [-0.2, -0.15) is 0 Å². The zero-order chi connectivity index (χ0) is 9.40. The number of ether oxygens (including phenoxy) is 1. The molecule has 0 heterocycles. The molecule has 0 amide bonds. The molecule has 1 unspecified atom stereocenters. The van der Waals surface area contributed by atoms with E-state index in [0.29, 0.717) is 6.10 Å². The predicted octanol–water partition coefficient (Wildman–Crippen LogP) is 3.45. The first kappa shape index (κ1) is 11.0. The molecule has 0 aromatic rings. The Bertz CT molecular complexity index is 177. The molecule has 0 aliphatic carbocycles. The van der Waals surface area contributed by atoms with E-state index in [1.165, 1.54) is 0 Å². The van der Waals surface area contributed by atoms with Crippen LogP contribution >= 0.6 is 0 Å². The van der Waals surface area contributed by atoms with Crippen molar-refractivity contribution in [3.8, 4) is 0 Å². The van der Waals surface area contributed by atoms with Crippen molar-refractivity contribution >= 4 is 0 Å². The number of hydrogen-bond acceptors (Lipinski definition) is 1. The Hall–Kier alpha value is -0.980. The summed E-state index contributed by atoms with van der Waals surface area (Å²) in [5, 5.41) is 0. The molecule has 0 aliphatic rings. The smallest absolute Gasteiger partial charge is 0.0951 e. The van der Waals surface area contributed by atoms with Crippen molar-refractivity contribution < 1.29 is 4.74 Å². The van der Waals surface area contributed by atoms with Crippen molar-refractivity contribution in [1.29, 1.82) is 0 Å². The van der Waals surface area contributed by atoms with Gasteiger partial charge in [0.2, 0.25) is 0 Å². The Balaban J connectivity index is 3.84. The minimum Gasteiger partial charge on any atom is -0.495 e. The highest BCUT2D eigenvalue weighted by Crippen LogP contribution is 2.04. The number of rotatable bonds is 5. The summed E-state index contributed by atoms with van der Waals surface area (Å²) in [5.74, 6) is 0.947. The molecular weight excluding hydrogens is 148 g/mol. The Morgan fingerprint density at radius 2 is 2.17 bits per heavy atom. The minimum atomic E-state index is 0.304. The van der Waals surface area contributed by atoms with Gasteiger partial charge in [-0.3, -0.25) is 0 Å². The second-order valence-electron chi connectivity index (χ2n) is 2.73. The first-order valence-corrected chi connectivity index (χ1v) is 4.33. The lowest BCUT2D eigenvalue weighted by Gasteiger charge is -2.11. The second kappa shape index (κ2) is 6.71. The van der Waals surface area contributed by atoms with Gasteiger partial charge in [-0.15, -0.1) is 0 Å². The lowest BCUT2D eigenvalue weighted by atomic mass is 10.3. The standard InChI is InChI=1S/C11H18O/c1-5-7-8-9-11(4)12-10(3)6-2/h5,7-10H,1,6H2,2-4H3/b8-7-,11-9+. The van der Waals surface area contributed by atoms with E-state index in [1.54, 1.807) is 6.08 Å². The van der Waals surface area contributed by atoms with Crippen molar-refractivity contribution in [3.63, 3.8) is 0 Å². The first-order chi connectivity index (χ1) is 5.70. The Kier molecular flexibility index (Phi) is 6.16. The van der Waals surface area contributed by atoms with E-state index in [9.17, 15) is 0 Å². The summed E-state index contributed by atoms with van der Waals surface area (Å²) in [5.41, 5.74) is 0. The number of allylic oxidation sites excluding steroid dienone is 5. The van der Waals surface area contributed by atoms with E-state index in [2.05, 4.69) is 20.4 Å². The summed E-state index contributed by atoms with van der Waals surface area (Å²) < 4.78 is 5.52. The van der Waals surface area contributed by atoms with Crippen LogP contribution in [-0.2, 0) is 4.74 Å². The maximum atomic E-state index is 5.52. The fourth-order valence-electron chi connectivity index (χ4n) is 0.710. The molecular formula is C11H18O. The molecule has 1 nitrogen and oxygen atoms in total. The van der Waals surface area contributed by atoms with Crippen LogP contribution in [0.4, 0.5) is 0 Å². The minimum absolute atomic E-state index is 0.304. The molecule has 0 saturated carbocycles. The van der Waals surface area contributed by atoms with Crippen molar-refractivity contribution in [3.05, 3.63) is 36.6 Å². The summed E-state index contributed by atoms with van der Waals surface area (Å²) >= 11 is 0. The molecule has 0 rings (SSSR count). The summed E-state index contributed by atoms with van der Waals surface area (Å²) in [6.45, 7) is 9.71. The normalized spacial score (nSPS) is 14.8. The zero-order valence-corrected chi connectivity index (χ0v) is 8.21. The van der Waals surface area contributed by atoms with Gasteiger partial charge < -0.3 is 4.74 Å². The Labute approximate surface area is 75.4 Å². The monoisotopic (exact) mass is 166 g/mol. The van der Waals surface area contributed by atoms with Crippen LogP contribution in [-0.4, -0.2) is 6.10 Å². The fourth-order valence-corrected chi connectivity index (χ4v) is 0.710. The molecule has 0 bridgehead atoms. The Morgan fingerprint density at radius 3 is 2.67 bits per heavy atom. The quantitative estimate of drug-likeness (QED) is 0.449. The SMILES string of the molecule is C=C/C=C\C=C(/C)OC(C)CC. The van der Waals surface area contributed by atoms with Crippen LogP contribution in [0.3, 0.4) is 0 Å². The van der Waals surface area contributed by atoms with Gasteiger partial charge in [-0.1, -0.05) is 31.7 Å². The zero-order valence-electron chi connectivity index (χ0n) is 8.21. The molecule has 0 spiro atoms. The van der Waals surface area contributed by atoms with Crippen LogP contribution < -0.4 is 0 Å². The molecule has 12 heavy (non-hydrogen) atoms. The van der Waals surface area contributed by atoms with Crippen LogP contribution in [0.1, 0.15) is 27.2 Å². The maximum absolute atomic E-state index is 5.52. The molecule has 0 radical (unpaired) electrons. The van der Waals surface area contributed by atoms with Crippen LogP contribution in [0.25, 0.3) is 0 Å². The second-order valence-corrected chi connectivity index (χ2v) is 2.73. The third-order valence-electron chi connectivity index (χ3n) is 1.54. The fraction of sp³-hybridized carbons (Fsp3) is 0.455. The molecule has 0 saturated heterocycles. The highest BCUT2D eigenvalue weighted by Gasteiger charge is 1.97. The van der Waals surface area contributed by atoms with E-state index >= 15 is 0 Å². The highest BCUT2D eigenvalue weighted by molar-refractivity contribution is 5.11. The van der Waals surface area contributed by atoms with E-state index in [0.717, 1.165) is 12.2 Å². The van der Waals surface area contributed by atoms with Gasteiger partial charge in [0, 0.05) is 0 Å². The van der Waals surface area contributed by atoms with Crippen LogP contribution in [0, 0.1) is 0 Å². The number of hydrogen-bond donors (Lipinski definition) is 0. The molecule has 0 aliphatic heterocycles. The maximum Gasteiger partial charge on any atom is 0.0951 e. The van der Waals surface area contributed by atoms with Crippen LogP contribution in [0.5, 0.6) is 0 Å². The van der Waals surface area contributed by atoms with Gasteiger partial charge in [0.1, 0.15) is 0 Å². The molecule has 0 fully saturated rings. The van der Waals surface area contributed by atoms with Gasteiger partial charge in [-0.05, 0) is 26.3 Å². The van der Waals surface area contributed by atoms with Crippen LogP contribution in [0.2, 0.25) is 0 Å². The summed E-state index contributed by atoms with van der Waals surface area (Å²) in [4.78, 5) is 0. The van der Waals surface area contributed by atoms with Crippen molar-refractivity contribution in [2.24, 2.45) is 0 Å². The lowest BCUT2D eigenvalue weighted by molar-refractivity contribution is 0.130. The van der Waals surface area contributed by atoms with Crippen molar-refractivity contribution in [2.45, 2.75) is 33.3 Å².